The van der Waals surface area contributed by atoms with E-state index in [9.17, 15) is 9.59 Å². The first-order valence-corrected chi connectivity index (χ1v) is 10.9. The molecule has 1 N–H and O–H groups in total. The molecule has 1 fully saturated rings. The van der Waals surface area contributed by atoms with Gasteiger partial charge in [0.1, 0.15) is 5.57 Å². The van der Waals surface area contributed by atoms with Gasteiger partial charge < -0.3 is 0 Å². The van der Waals surface area contributed by atoms with E-state index < -0.39 is 11.8 Å². The lowest BCUT2D eigenvalue weighted by Crippen LogP contribution is -2.54. The highest BCUT2D eigenvalue weighted by atomic mass is 32.1. The fraction of sp³-hybridized carbons (Fsp3) is 0.0741. The molecule has 0 bridgehead atoms. The average molecular weight is 437 g/mol. The predicted molar refractivity (Wildman–Crippen MR) is 133 cm³/mol. The number of hydrogen-bond acceptors (Lipinski definition) is 3. The van der Waals surface area contributed by atoms with Gasteiger partial charge in [0.2, 0.25) is 0 Å². The summed E-state index contributed by atoms with van der Waals surface area (Å²) >= 11 is 5.34. The third-order valence-electron chi connectivity index (χ3n) is 5.81. The lowest BCUT2D eigenvalue weighted by Gasteiger charge is -2.29. The Balaban J connectivity index is 1.68. The smallest absolute Gasteiger partial charge is 0.270 e. The molecule has 0 spiro atoms. The zero-order valence-electron chi connectivity index (χ0n) is 17.5. The van der Waals surface area contributed by atoms with Crippen LogP contribution >= 0.6 is 12.2 Å². The standard InChI is InChI=1S/C27H20N2O2S/c1-2-17-11-13-20(14-12-17)29-26(31)24(25(30)28-27(29)32)16-23-21-9-5-3-7-18(21)15-19-8-4-6-10-22(19)23/h3-16H,2H2,1H3,(H,28,30,32)/b24-16+. The number of rotatable bonds is 3. The molecule has 0 atom stereocenters. The molecule has 4 aromatic rings. The van der Waals surface area contributed by atoms with Crippen molar-refractivity contribution >= 4 is 62.5 Å². The number of carbonyl (C=O) groups excluding carboxylic acids is 2. The van der Waals surface area contributed by atoms with Gasteiger partial charge in [0.05, 0.1) is 5.69 Å². The van der Waals surface area contributed by atoms with Crippen molar-refractivity contribution in [3.63, 3.8) is 0 Å². The summed E-state index contributed by atoms with van der Waals surface area (Å²) in [7, 11) is 0. The maximum absolute atomic E-state index is 13.5. The lowest BCUT2D eigenvalue weighted by molar-refractivity contribution is -0.122. The fourth-order valence-corrected chi connectivity index (χ4v) is 4.40. The molecule has 4 nitrogen and oxygen atoms in total. The van der Waals surface area contributed by atoms with E-state index in [2.05, 4.69) is 18.3 Å². The molecule has 1 heterocycles. The SMILES string of the molecule is CCc1ccc(N2C(=O)/C(=C/c3c4ccccc4cc4ccccc34)C(=O)NC2=S)cc1. The van der Waals surface area contributed by atoms with Gasteiger partial charge in [0.25, 0.3) is 11.8 Å². The molecule has 0 radical (unpaired) electrons. The molecule has 32 heavy (non-hydrogen) atoms. The quantitative estimate of drug-likeness (QED) is 0.203. The van der Waals surface area contributed by atoms with Gasteiger partial charge >= 0.3 is 0 Å². The van der Waals surface area contributed by atoms with Gasteiger partial charge in [-0.05, 0) is 75.6 Å². The van der Waals surface area contributed by atoms with Crippen molar-refractivity contribution in [3.8, 4) is 0 Å². The van der Waals surface area contributed by atoms with E-state index in [4.69, 9.17) is 12.2 Å². The van der Waals surface area contributed by atoms with Gasteiger partial charge in [-0.2, -0.15) is 0 Å². The molecule has 5 heteroatoms. The van der Waals surface area contributed by atoms with E-state index >= 15 is 0 Å². The Labute approximate surface area is 191 Å². The van der Waals surface area contributed by atoms with Crippen LogP contribution in [0.25, 0.3) is 27.6 Å². The predicted octanol–water partition coefficient (Wildman–Crippen LogP) is 5.39. The Morgan fingerprint density at radius 3 is 2.06 bits per heavy atom. The van der Waals surface area contributed by atoms with Crippen LogP contribution in [0.2, 0.25) is 0 Å². The number of thiocarbonyl (C=S) groups is 1. The zero-order chi connectivity index (χ0) is 22.2. The number of aryl methyl sites for hydroxylation is 1. The molecule has 1 aliphatic heterocycles. The number of anilines is 1. The van der Waals surface area contributed by atoms with Gasteiger partial charge in [-0.15, -0.1) is 0 Å². The molecule has 5 rings (SSSR count). The second-order valence-electron chi connectivity index (χ2n) is 7.71. The summed E-state index contributed by atoms with van der Waals surface area (Å²) in [5.41, 5.74) is 2.68. The number of nitrogens with zero attached hydrogens (tertiary/aromatic N) is 1. The number of benzene rings is 4. The van der Waals surface area contributed by atoms with E-state index in [1.165, 1.54) is 4.90 Å². The number of amides is 2. The zero-order valence-corrected chi connectivity index (χ0v) is 18.3. The third kappa shape index (κ3) is 3.37. The Bertz CT molecular complexity index is 1380. The van der Waals surface area contributed by atoms with E-state index in [1.54, 1.807) is 6.08 Å². The average Bonchev–Trinajstić information content (AvgIpc) is 2.81. The summed E-state index contributed by atoms with van der Waals surface area (Å²) in [6.07, 6.45) is 2.59. The van der Waals surface area contributed by atoms with Crippen LogP contribution in [0.3, 0.4) is 0 Å². The summed E-state index contributed by atoms with van der Waals surface area (Å²) < 4.78 is 0. The minimum atomic E-state index is -0.488. The topological polar surface area (TPSA) is 49.4 Å². The second kappa shape index (κ2) is 8.02. The normalized spacial score (nSPS) is 15.6. The first-order valence-electron chi connectivity index (χ1n) is 10.5. The Kier molecular flexibility index (Phi) is 5.04. The molecule has 0 aliphatic carbocycles. The highest BCUT2D eigenvalue weighted by Crippen LogP contribution is 2.31. The molecule has 4 aromatic carbocycles. The maximum atomic E-state index is 13.5. The van der Waals surface area contributed by atoms with Crippen molar-refractivity contribution in [2.45, 2.75) is 13.3 Å². The number of carbonyl (C=O) groups is 2. The molecule has 156 valence electrons. The number of nitrogens with one attached hydrogen (secondary N) is 1. The first-order chi connectivity index (χ1) is 15.6. The molecule has 1 aliphatic rings. The summed E-state index contributed by atoms with van der Waals surface area (Å²) in [6.45, 7) is 2.07. The van der Waals surface area contributed by atoms with Crippen molar-refractivity contribution < 1.29 is 9.59 Å². The van der Waals surface area contributed by atoms with Crippen LogP contribution < -0.4 is 10.2 Å². The van der Waals surface area contributed by atoms with Gasteiger partial charge in [0.15, 0.2) is 5.11 Å². The van der Waals surface area contributed by atoms with Crippen molar-refractivity contribution in [2.24, 2.45) is 0 Å². The van der Waals surface area contributed by atoms with E-state index in [-0.39, 0.29) is 10.7 Å². The molecule has 0 unspecified atom stereocenters. The monoisotopic (exact) mass is 436 g/mol. The molecule has 0 aromatic heterocycles. The minimum absolute atomic E-state index is 0.0553. The summed E-state index contributed by atoms with van der Waals surface area (Å²) in [4.78, 5) is 27.7. The van der Waals surface area contributed by atoms with Gasteiger partial charge in [-0.1, -0.05) is 67.6 Å². The summed E-state index contributed by atoms with van der Waals surface area (Å²) in [5.74, 6) is -0.918. The van der Waals surface area contributed by atoms with Crippen LogP contribution in [-0.2, 0) is 16.0 Å². The van der Waals surface area contributed by atoms with Crippen LogP contribution in [-0.4, -0.2) is 16.9 Å². The summed E-state index contributed by atoms with van der Waals surface area (Å²) in [6, 6.07) is 25.7. The van der Waals surface area contributed by atoms with E-state index in [1.807, 2.05) is 72.8 Å². The summed E-state index contributed by atoms with van der Waals surface area (Å²) in [5, 5.41) is 6.82. The van der Waals surface area contributed by atoms with Crippen molar-refractivity contribution in [1.29, 1.82) is 0 Å². The minimum Gasteiger partial charge on any atom is -0.298 e. The van der Waals surface area contributed by atoms with Gasteiger partial charge in [-0.25, -0.2) is 0 Å². The van der Waals surface area contributed by atoms with Crippen molar-refractivity contribution in [2.75, 3.05) is 4.90 Å². The number of fused-ring (bicyclic) bond motifs is 2. The highest BCUT2D eigenvalue weighted by molar-refractivity contribution is 7.80. The van der Waals surface area contributed by atoms with Crippen LogP contribution in [0.15, 0.2) is 84.4 Å². The Hall–Kier alpha value is -3.83. The molecular formula is C27H20N2O2S. The number of hydrogen-bond donors (Lipinski definition) is 1. The Morgan fingerprint density at radius 2 is 1.47 bits per heavy atom. The first kappa shape index (κ1) is 20.1. The molecule has 1 saturated heterocycles. The van der Waals surface area contributed by atoms with Crippen LogP contribution in [0.5, 0.6) is 0 Å². The Morgan fingerprint density at radius 1 is 0.875 bits per heavy atom. The second-order valence-corrected chi connectivity index (χ2v) is 8.10. The van der Waals surface area contributed by atoms with E-state index in [0.717, 1.165) is 39.1 Å². The van der Waals surface area contributed by atoms with Crippen molar-refractivity contribution in [3.05, 3.63) is 95.6 Å². The van der Waals surface area contributed by atoms with E-state index in [0.29, 0.717) is 5.69 Å². The van der Waals surface area contributed by atoms with Crippen LogP contribution in [0.4, 0.5) is 5.69 Å². The fourth-order valence-electron chi connectivity index (χ4n) is 4.12. The van der Waals surface area contributed by atoms with Crippen LogP contribution in [0.1, 0.15) is 18.1 Å². The largest absolute Gasteiger partial charge is 0.298 e. The van der Waals surface area contributed by atoms with Gasteiger partial charge in [-0.3, -0.25) is 19.8 Å². The maximum Gasteiger partial charge on any atom is 0.270 e. The molecule has 2 amide bonds. The third-order valence-corrected chi connectivity index (χ3v) is 6.09. The highest BCUT2D eigenvalue weighted by Gasteiger charge is 2.34. The molecular weight excluding hydrogens is 416 g/mol. The molecule has 0 saturated carbocycles. The van der Waals surface area contributed by atoms with Crippen molar-refractivity contribution in [1.82, 2.24) is 5.32 Å². The lowest BCUT2D eigenvalue weighted by atomic mass is 9.94. The van der Waals surface area contributed by atoms with Crippen LogP contribution in [0, 0.1) is 0 Å². The van der Waals surface area contributed by atoms with Gasteiger partial charge in [0, 0.05) is 0 Å².